The Morgan fingerprint density at radius 2 is 1.71 bits per heavy atom. The highest BCUT2D eigenvalue weighted by atomic mass is 35.5. The zero-order valence-electron chi connectivity index (χ0n) is 11.3. The van der Waals surface area contributed by atoms with Crippen LogP contribution < -0.4 is 5.32 Å². The van der Waals surface area contributed by atoms with Crippen LogP contribution in [0.2, 0.25) is 5.02 Å². The van der Waals surface area contributed by atoms with Crippen LogP contribution in [0.1, 0.15) is 15.9 Å². The summed E-state index contributed by atoms with van der Waals surface area (Å²) in [6.45, 7) is 0.300. The van der Waals surface area contributed by atoms with E-state index < -0.39 is 9.84 Å². The molecule has 0 aliphatic heterocycles. The Morgan fingerprint density at radius 3 is 2.29 bits per heavy atom. The summed E-state index contributed by atoms with van der Waals surface area (Å²) in [7, 11) is -3.20. The Hall–Kier alpha value is -1.85. The van der Waals surface area contributed by atoms with Crippen LogP contribution in [0.4, 0.5) is 0 Å². The van der Waals surface area contributed by atoms with Crippen LogP contribution in [-0.2, 0) is 16.4 Å². The van der Waals surface area contributed by atoms with Gasteiger partial charge in [-0.3, -0.25) is 4.79 Å². The third-order valence-corrected chi connectivity index (χ3v) is 4.38. The molecule has 0 heterocycles. The Kier molecular flexibility index (Phi) is 4.65. The zero-order valence-corrected chi connectivity index (χ0v) is 12.9. The van der Waals surface area contributed by atoms with Crippen molar-refractivity contribution in [1.82, 2.24) is 5.32 Å². The highest BCUT2D eigenvalue weighted by molar-refractivity contribution is 7.90. The van der Waals surface area contributed by atoms with Gasteiger partial charge in [-0.1, -0.05) is 35.9 Å². The van der Waals surface area contributed by atoms with Crippen molar-refractivity contribution in [2.45, 2.75) is 11.4 Å². The molecule has 1 amide bonds. The molecule has 2 aromatic rings. The normalized spacial score (nSPS) is 11.1. The van der Waals surface area contributed by atoms with Gasteiger partial charge in [0.25, 0.3) is 5.91 Å². The molecule has 0 aliphatic carbocycles. The van der Waals surface area contributed by atoms with Crippen LogP contribution in [0, 0.1) is 0 Å². The fraction of sp³-hybridized carbons (Fsp3) is 0.133. The monoisotopic (exact) mass is 323 g/mol. The maximum Gasteiger partial charge on any atom is 0.253 e. The topological polar surface area (TPSA) is 63.2 Å². The number of carbonyl (C=O) groups is 1. The highest BCUT2D eigenvalue weighted by Crippen LogP contribution is 2.15. The first-order chi connectivity index (χ1) is 9.88. The summed E-state index contributed by atoms with van der Waals surface area (Å²) in [5, 5.41) is 3.13. The summed E-state index contributed by atoms with van der Waals surface area (Å²) < 4.78 is 22.7. The minimum absolute atomic E-state index is 0.253. The summed E-state index contributed by atoms with van der Waals surface area (Å²) in [6, 6.07) is 13.2. The van der Waals surface area contributed by atoms with E-state index in [1.165, 1.54) is 12.1 Å². The number of hydrogen-bond donors (Lipinski definition) is 1. The quantitative estimate of drug-likeness (QED) is 0.941. The second-order valence-electron chi connectivity index (χ2n) is 4.58. The van der Waals surface area contributed by atoms with Gasteiger partial charge < -0.3 is 5.32 Å². The first-order valence-electron chi connectivity index (χ1n) is 6.19. The first-order valence-corrected chi connectivity index (χ1v) is 8.46. The van der Waals surface area contributed by atoms with Crippen LogP contribution in [0.15, 0.2) is 53.4 Å². The van der Waals surface area contributed by atoms with Gasteiger partial charge in [-0.25, -0.2) is 8.42 Å². The molecule has 0 aromatic heterocycles. The lowest BCUT2D eigenvalue weighted by Crippen LogP contribution is -2.23. The second kappa shape index (κ2) is 6.28. The number of benzene rings is 2. The van der Waals surface area contributed by atoms with Crippen molar-refractivity contribution in [3.05, 3.63) is 64.7 Å². The number of halogens is 1. The lowest BCUT2D eigenvalue weighted by molar-refractivity contribution is 0.0951. The molecule has 0 saturated carbocycles. The van der Waals surface area contributed by atoms with Crippen LogP contribution in [0.5, 0.6) is 0 Å². The van der Waals surface area contributed by atoms with Gasteiger partial charge >= 0.3 is 0 Å². The molecule has 0 saturated heterocycles. The van der Waals surface area contributed by atoms with Crippen molar-refractivity contribution in [3.8, 4) is 0 Å². The molecule has 110 valence electrons. The number of amides is 1. The van der Waals surface area contributed by atoms with Gasteiger partial charge in [-0.15, -0.1) is 0 Å². The molecular weight excluding hydrogens is 310 g/mol. The average Bonchev–Trinajstić information content (AvgIpc) is 2.45. The van der Waals surface area contributed by atoms with Crippen molar-refractivity contribution in [3.63, 3.8) is 0 Å². The number of rotatable bonds is 4. The third-order valence-electron chi connectivity index (χ3n) is 2.92. The molecule has 1 N–H and O–H groups in total. The summed E-state index contributed by atoms with van der Waals surface area (Å²) in [4.78, 5) is 12.2. The van der Waals surface area contributed by atoms with E-state index in [-0.39, 0.29) is 10.8 Å². The SMILES string of the molecule is CS(=O)(=O)c1ccc(CNC(=O)c2ccccc2Cl)cc1. The smallest absolute Gasteiger partial charge is 0.253 e. The van der Waals surface area contributed by atoms with E-state index in [9.17, 15) is 13.2 Å². The number of hydrogen-bond acceptors (Lipinski definition) is 3. The first kappa shape index (κ1) is 15.5. The number of nitrogens with one attached hydrogen (secondary N) is 1. The van der Waals surface area contributed by atoms with Crippen molar-refractivity contribution in [1.29, 1.82) is 0 Å². The Morgan fingerprint density at radius 1 is 1.10 bits per heavy atom. The Bertz CT molecular complexity index is 755. The van der Waals surface area contributed by atoms with E-state index >= 15 is 0 Å². The van der Waals surface area contributed by atoms with E-state index in [0.29, 0.717) is 17.1 Å². The minimum atomic E-state index is -3.20. The fourth-order valence-electron chi connectivity index (χ4n) is 1.78. The molecule has 0 bridgehead atoms. The van der Waals surface area contributed by atoms with Gasteiger partial charge in [0.15, 0.2) is 9.84 Å². The van der Waals surface area contributed by atoms with Crippen LogP contribution in [0.3, 0.4) is 0 Å². The Labute approximate surface area is 128 Å². The van der Waals surface area contributed by atoms with Crippen molar-refractivity contribution < 1.29 is 13.2 Å². The lowest BCUT2D eigenvalue weighted by atomic mass is 10.2. The maximum absolute atomic E-state index is 12.0. The third kappa shape index (κ3) is 4.06. The number of sulfone groups is 1. The van der Waals surface area contributed by atoms with Gasteiger partial charge in [0.2, 0.25) is 0 Å². The molecule has 0 atom stereocenters. The molecule has 21 heavy (non-hydrogen) atoms. The predicted molar refractivity (Wildman–Crippen MR) is 82.2 cm³/mol. The van der Waals surface area contributed by atoms with Gasteiger partial charge in [0.1, 0.15) is 0 Å². The molecular formula is C15H14ClNO3S. The largest absolute Gasteiger partial charge is 0.348 e. The molecule has 0 unspecified atom stereocenters. The highest BCUT2D eigenvalue weighted by Gasteiger charge is 2.10. The van der Waals surface area contributed by atoms with Crippen LogP contribution in [0.25, 0.3) is 0 Å². The van der Waals surface area contributed by atoms with Crippen LogP contribution >= 0.6 is 11.6 Å². The minimum Gasteiger partial charge on any atom is -0.348 e. The van der Waals surface area contributed by atoms with Gasteiger partial charge in [-0.05, 0) is 29.8 Å². The Balaban J connectivity index is 2.04. The molecule has 6 heteroatoms. The molecule has 0 aliphatic rings. The number of carbonyl (C=O) groups excluding carboxylic acids is 1. The predicted octanol–water partition coefficient (Wildman–Crippen LogP) is 2.67. The van der Waals surface area contributed by atoms with E-state index in [0.717, 1.165) is 11.8 Å². The summed E-state index contributed by atoms with van der Waals surface area (Å²) >= 11 is 5.94. The van der Waals surface area contributed by atoms with Gasteiger partial charge in [0.05, 0.1) is 15.5 Å². The summed E-state index contributed by atoms with van der Waals surface area (Å²) in [5.41, 5.74) is 1.22. The molecule has 0 spiro atoms. The summed E-state index contributed by atoms with van der Waals surface area (Å²) in [6.07, 6.45) is 1.15. The molecule has 2 aromatic carbocycles. The maximum atomic E-state index is 12.0. The van der Waals surface area contributed by atoms with E-state index in [1.54, 1.807) is 36.4 Å². The second-order valence-corrected chi connectivity index (χ2v) is 7.00. The van der Waals surface area contributed by atoms with Crippen LogP contribution in [-0.4, -0.2) is 20.6 Å². The van der Waals surface area contributed by atoms with E-state index in [4.69, 9.17) is 11.6 Å². The standard InChI is InChI=1S/C15H14ClNO3S/c1-21(19,20)12-8-6-11(7-9-12)10-17-15(18)13-4-2-3-5-14(13)16/h2-9H,10H2,1H3,(H,17,18). The van der Waals surface area contributed by atoms with Crippen molar-refractivity contribution >= 4 is 27.3 Å². The van der Waals surface area contributed by atoms with Crippen molar-refractivity contribution in [2.24, 2.45) is 0 Å². The lowest BCUT2D eigenvalue weighted by Gasteiger charge is -2.07. The molecule has 0 fully saturated rings. The average molecular weight is 324 g/mol. The molecule has 0 radical (unpaired) electrons. The van der Waals surface area contributed by atoms with Gasteiger partial charge in [0, 0.05) is 12.8 Å². The molecule has 2 rings (SSSR count). The molecule has 4 nitrogen and oxygen atoms in total. The fourth-order valence-corrected chi connectivity index (χ4v) is 2.63. The van der Waals surface area contributed by atoms with Crippen molar-refractivity contribution in [2.75, 3.05) is 6.26 Å². The van der Waals surface area contributed by atoms with E-state index in [2.05, 4.69) is 5.32 Å². The van der Waals surface area contributed by atoms with E-state index in [1.807, 2.05) is 0 Å². The van der Waals surface area contributed by atoms with Gasteiger partial charge in [-0.2, -0.15) is 0 Å². The summed E-state index contributed by atoms with van der Waals surface area (Å²) in [5.74, 6) is -0.271. The zero-order chi connectivity index (χ0) is 15.5.